The van der Waals surface area contributed by atoms with E-state index >= 15 is 0 Å². The Bertz CT molecular complexity index is 564. The molecular formula is C11H12N4O3S. The summed E-state index contributed by atoms with van der Waals surface area (Å²) in [6.45, 7) is 0.381. The zero-order valence-electron chi connectivity index (χ0n) is 9.84. The molecule has 4 N–H and O–H groups in total. The lowest BCUT2D eigenvalue weighted by Gasteiger charge is -2.03. The number of carbonyl (C=O) groups is 2. The normalized spacial score (nSPS) is 10.1. The van der Waals surface area contributed by atoms with E-state index in [1.165, 1.54) is 11.3 Å². The molecule has 0 radical (unpaired) electrons. The molecule has 2 aromatic heterocycles. The monoisotopic (exact) mass is 280 g/mol. The van der Waals surface area contributed by atoms with Gasteiger partial charge in [0.25, 0.3) is 0 Å². The fraction of sp³-hybridized carbons (Fsp3) is 0.182. The minimum absolute atomic E-state index is 0.151. The summed E-state index contributed by atoms with van der Waals surface area (Å²) >= 11 is 1.19. The molecule has 100 valence electrons. The first kappa shape index (κ1) is 13.1. The van der Waals surface area contributed by atoms with Crippen LogP contribution in [0.15, 0.2) is 23.7 Å². The van der Waals surface area contributed by atoms with Crippen LogP contribution in [0.2, 0.25) is 0 Å². The Labute approximate surface area is 112 Å². The van der Waals surface area contributed by atoms with E-state index in [9.17, 15) is 9.59 Å². The van der Waals surface area contributed by atoms with E-state index in [2.05, 4.69) is 20.6 Å². The number of urea groups is 1. The van der Waals surface area contributed by atoms with Gasteiger partial charge < -0.3 is 15.4 Å². The summed E-state index contributed by atoms with van der Waals surface area (Å²) in [5.74, 6) is -0.951. The number of hydrogen-bond donors (Lipinski definition) is 4. The van der Waals surface area contributed by atoms with E-state index in [1.807, 2.05) is 12.1 Å². The summed E-state index contributed by atoms with van der Waals surface area (Å²) < 4.78 is 0. The van der Waals surface area contributed by atoms with E-state index in [0.29, 0.717) is 17.4 Å². The Kier molecular flexibility index (Phi) is 4.14. The van der Waals surface area contributed by atoms with Crippen LogP contribution >= 0.6 is 11.3 Å². The second kappa shape index (κ2) is 6.01. The summed E-state index contributed by atoms with van der Waals surface area (Å²) in [5, 5.41) is 15.8. The first-order valence-corrected chi connectivity index (χ1v) is 6.35. The van der Waals surface area contributed by atoms with Gasteiger partial charge in [-0.25, -0.2) is 9.78 Å². The molecule has 0 aliphatic heterocycles. The van der Waals surface area contributed by atoms with E-state index < -0.39 is 5.97 Å². The van der Waals surface area contributed by atoms with Crippen molar-refractivity contribution in [2.45, 2.75) is 13.0 Å². The number of anilines is 1. The highest BCUT2D eigenvalue weighted by Gasteiger charge is 2.08. The van der Waals surface area contributed by atoms with Crippen LogP contribution in [0.3, 0.4) is 0 Å². The van der Waals surface area contributed by atoms with Crippen molar-refractivity contribution < 1.29 is 14.7 Å². The highest BCUT2D eigenvalue weighted by Crippen LogP contribution is 2.15. The molecule has 2 aromatic rings. The number of aromatic nitrogens is 2. The smallest absolute Gasteiger partial charge is 0.321 e. The van der Waals surface area contributed by atoms with Crippen LogP contribution in [0.1, 0.15) is 11.4 Å². The molecule has 2 rings (SSSR count). The fourth-order valence-corrected chi connectivity index (χ4v) is 2.10. The van der Waals surface area contributed by atoms with Crippen molar-refractivity contribution in [1.29, 1.82) is 0 Å². The van der Waals surface area contributed by atoms with Crippen molar-refractivity contribution in [2.24, 2.45) is 0 Å². The zero-order chi connectivity index (χ0) is 13.7. The highest BCUT2D eigenvalue weighted by molar-refractivity contribution is 7.13. The molecule has 0 saturated carbocycles. The lowest BCUT2D eigenvalue weighted by Crippen LogP contribution is -2.28. The molecule has 0 aliphatic carbocycles. The number of carbonyl (C=O) groups excluding carboxylic acids is 1. The van der Waals surface area contributed by atoms with Gasteiger partial charge in [0.05, 0.1) is 18.7 Å². The number of nitrogens with zero attached hydrogens (tertiary/aromatic N) is 1. The number of aliphatic carboxylic acids is 1. The number of rotatable bonds is 5. The second-order valence-corrected chi connectivity index (χ2v) is 4.58. The van der Waals surface area contributed by atoms with Crippen LogP contribution in [0.5, 0.6) is 0 Å². The first-order chi connectivity index (χ1) is 9.13. The third-order valence-corrected chi connectivity index (χ3v) is 3.01. The summed E-state index contributed by atoms with van der Waals surface area (Å²) in [6.07, 6.45) is 1.62. The number of thiazole rings is 1. The molecular weight excluding hydrogens is 268 g/mol. The van der Waals surface area contributed by atoms with Crippen LogP contribution in [0.4, 0.5) is 9.93 Å². The Morgan fingerprint density at radius 1 is 1.47 bits per heavy atom. The largest absolute Gasteiger partial charge is 0.481 e. The van der Waals surface area contributed by atoms with Gasteiger partial charge in [-0.3, -0.25) is 10.1 Å². The molecule has 0 aliphatic rings. The van der Waals surface area contributed by atoms with Crippen LogP contribution < -0.4 is 10.6 Å². The maximum atomic E-state index is 11.6. The van der Waals surface area contributed by atoms with Crippen LogP contribution in [0.25, 0.3) is 0 Å². The van der Waals surface area contributed by atoms with Crippen molar-refractivity contribution in [3.05, 3.63) is 35.1 Å². The number of H-pyrrole nitrogens is 1. The number of amides is 2. The van der Waals surface area contributed by atoms with Crippen molar-refractivity contribution in [3.63, 3.8) is 0 Å². The fourth-order valence-electron chi connectivity index (χ4n) is 1.39. The average Bonchev–Trinajstić information content (AvgIpc) is 2.97. The molecule has 0 fully saturated rings. The quantitative estimate of drug-likeness (QED) is 0.664. The van der Waals surface area contributed by atoms with Gasteiger partial charge in [0.2, 0.25) is 0 Å². The van der Waals surface area contributed by atoms with Gasteiger partial charge in [-0.15, -0.1) is 11.3 Å². The molecule has 0 bridgehead atoms. The van der Waals surface area contributed by atoms with Crippen LogP contribution in [0, 0.1) is 0 Å². The Morgan fingerprint density at radius 2 is 2.32 bits per heavy atom. The van der Waals surface area contributed by atoms with Crippen molar-refractivity contribution in [3.8, 4) is 0 Å². The van der Waals surface area contributed by atoms with E-state index in [4.69, 9.17) is 5.11 Å². The van der Waals surface area contributed by atoms with Gasteiger partial charge in [-0.2, -0.15) is 0 Å². The van der Waals surface area contributed by atoms with Gasteiger partial charge in [0.15, 0.2) is 5.13 Å². The van der Waals surface area contributed by atoms with E-state index in [-0.39, 0.29) is 12.5 Å². The Morgan fingerprint density at radius 3 is 3.00 bits per heavy atom. The standard InChI is InChI=1S/C11H12N4O3S/c16-9(17)4-8-6-19-11(14-8)15-10(18)13-5-7-2-1-3-12-7/h1-3,6,12H,4-5H2,(H,16,17)(H2,13,14,15,18). The molecule has 19 heavy (non-hydrogen) atoms. The van der Waals surface area contributed by atoms with Gasteiger partial charge in [0.1, 0.15) is 0 Å². The molecule has 0 aromatic carbocycles. The van der Waals surface area contributed by atoms with Crippen LogP contribution in [-0.4, -0.2) is 27.1 Å². The van der Waals surface area contributed by atoms with E-state index in [0.717, 1.165) is 5.69 Å². The maximum Gasteiger partial charge on any atom is 0.321 e. The zero-order valence-corrected chi connectivity index (χ0v) is 10.7. The average molecular weight is 280 g/mol. The SMILES string of the molecule is O=C(O)Cc1csc(NC(=O)NCc2ccc[nH]2)n1. The molecule has 8 heteroatoms. The molecule has 0 spiro atoms. The van der Waals surface area contributed by atoms with Crippen LogP contribution in [-0.2, 0) is 17.8 Å². The lowest BCUT2D eigenvalue weighted by molar-refractivity contribution is -0.136. The Balaban J connectivity index is 1.81. The topological polar surface area (TPSA) is 107 Å². The summed E-state index contributed by atoms with van der Waals surface area (Å²) in [7, 11) is 0. The Hall–Kier alpha value is -2.35. The predicted octanol–water partition coefficient (Wildman–Crippen LogP) is 1.42. The molecule has 0 saturated heterocycles. The number of nitrogens with one attached hydrogen (secondary N) is 3. The number of carboxylic acid groups (broad SMARTS) is 1. The number of aromatic amines is 1. The molecule has 2 heterocycles. The van der Waals surface area contributed by atoms with Crippen molar-refractivity contribution >= 4 is 28.5 Å². The second-order valence-electron chi connectivity index (χ2n) is 3.72. The third-order valence-electron chi connectivity index (χ3n) is 2.21. The summed E-state index contributed by atoms with van der Waals surface area (Å²) in [6, 6.07) is 3.31. The molecule has 0 atom stereocenters. The molecule has 7 nitrogen and oxygen atoms in total. The lowest BCUT2D eigenvalue weighted by atomic mass is 10.3. The first-order valence-electron chi connectivity index (χ1n) is 5.47. The van der Waals surface area contributed by atoms with Gasteiger partial charge in [0, 0.05) is 17.3 Å². The summed E-state index contributed by atoms with van der Waals surface area (Å²) in [5.41, 5.74) is 1.32. The molecule has 2 amide bonds. The van der Waals surface area contributed by atoms with E-state index in [1.54, 1.807) is 11.6 Å². The third kappa shape index (κ3) is 4.11. The van der Waals surface area contributed by atoms with Crippen molar-refractivity contribution in [1.82, 2.24) is 15.3 Å². The molecule has 0 unspecified atom stereocenters. The van der Waals surface area contributed by atoms with Gasteiger partial charge >= 0.3 is 12.0 Å². The summed E-state index contributed by atoms with van der Waals surface area (Å²) in [4.78, 5) is 29.0. The minimum atomic E-state index is -0.951. The minimum Gasteiger partial charge on any atom is -0.481 e. The van der Waals surface area contributed by atoms with Gasteiger partial charge in [-0.1, -0.05) is 0 Å². The number of hydrogen-bond acceptors (Lipinski definition) is 4. The maximum absolute atomic E-state index is 11.6. The predicted molar refractivity (Wildman–Crippen MR) is 70.1 cm³/mol. The van der Waals surface area contributed by atoms with Crippen molar-refractivity contribution in [2.75, 3.05) is 5.32 Å². The number of carboxylic acids is 1. The van der Waals surface area contributed by atoms with Gasteiger partial charge in [-0.05, 0) is 12.1 Å². The highest BCUT2D eigenvalue weighted by atomic mass is 32.1.